The Labute approximate surface area is 115 Å². The van der Waals surface area contributed by atoms with E-state index in [0.717, 1.165) is 0 Å². The molecule has 98 valence electrons. The third kappa shape index (κ3) is 2.37. The highest BCUT2D eigenvalue weighted by Crippen LogP contribution is 2.37. The fraction of sp³-hybridized carbons (Fsp3) is 0.333. The van der Waals surface area contributed by atoms with E-state index in [0.29, 0.717) is 6.04 Å². The quantitative estimate of drug-likeness (QED) is 0.751. The maximum absolute atomic E-state index is 2.58. The van der Waals surface area contributed by atoms with Crippen molar-refractivity contribution in [3.63, 3.8) is 0 Å². The molecule has 1 atom stereocenters. The third-order valence-electron chi connectivity index (χ3n) is 4.11. The van der Waals surface area contributed by atoms with E-state index in [9.17, 15) is 0 Å². The molecule has 0 radical (unpaired) electrons. The molecule has 0 saturated carbocycles. The van der Waals surface area contributed by atoms with Gasteiger partial charge in [0.2, 0.25) is 0 Å². The van der Waals surface area contributed by atoms with E-state index < -0.39 is 0 Å². The Kier molecular flexibility index (Phi) is 3.29. The van der Waals surface area contributed by atoms with Crippen LogP contribution < -0.4 is 4.90 Å². The summed E-state index contributed by atoms with van der Waals surface area (Å²) >= 11 is 0. The molecule has 0 spiro atoms. The first-order valence-electron chi connectivity index (χ1n) is 7.14. The van der Waals surface area contributed by atoms with Crippen LogP contribution in [0.25, 0.3) is 0 Å². The second-order valence-corrected chi connectivity index (χ2v) is 5.55. The molecule has 0 aromatic heterocycles. The van der Waals surface area contributed by atoms with Crippen molar-refractivity contribution in [2.24, 2.45) is 0 Å². The summed E-state index contributed by atoms with van der Waals surface area (Å²) in [6.07, 6.45) is 2.55. The number of rotatable bonds is 2. The van der Waals surface area contributed by atoms with Crippen LogP contribution in [0.4, 0.5) is 5.69 Å². The summed E-state index contributed by atoms with van der Waals surface area (Å²) in [5, 5.41) is 0. The summed E-state index contributed by atoms with van der Waals surface area (Å²) in [4.78, 5) is 2.58. The Hall–Kier alpha value is -1.76. The minimum absolute atomic E-state index is 0.543. The first kappa shape index (κ1) is 12.3. The van der Waals surface area contributed by atoms with E-state index in [1.807, 2.05) is 0 Å². The third-order valence-corrected chi connectivity index (χ3v) is 4.11. The highest BCUT2D eigenvalue weighted by molar-refractivity contribution is 5.57. The SMILES string of the molecule is Cc1ccc(C)c(N2CCCC2c2ccccc2)c1. The minimum Gasteiger partial charge on any atom is -0.364 e. The van der Waals surface area contributed by atoms with Gasteiger partial charge in [-0.25, -0.2) is 0 Å². The molecule has 1 nitrogen and oxygen atoms in total. The van der Waals surface area contributed by atoms with Crippen LogP contribution in [-0.2, 0) is 0 Å². The highest BCUT2D eigenvalue weighted by atomic mass is 15.2. The lowest BCUT2D eigenvalue weighted by molar-refractivity contribution is 0.717. The van der Waals surface area contributed by atoms with Crippen LogP contribution in [0, 0.1) is 13.8 Å². The number of benzene rings is 2. The van der Waals surface area contributed by atoms with Gasteiger partial charge in [0.15, 0.2) is 0 Å². The predicted molar refractivity (Wildman–Crippen MR) is 81.7 cm³/mol. The number of hydrogen-bond acceptors (Lipinski definition) is 1. The van der Waals surface area contributed by atoms with Gasteiger partial charge in [-0.15, -0.1) is 0 Å². The summed E-state index contributed by atoms with van der Waals surface area (Å²) in [5.74, 6) is 0. The van der Waals surface area contributed by atoms with Gasteiger partial charge in [0.25, 0.3) is 0 Å². The lowest BCUT2D eigenvalue weighted by atomic mass is 10.0. The number of hydrogen-bond donors (Lipinski definition) is 0. The molecular weight excluding hydrogens is 230 g/mol. The van der Waals surface area contributed by atoms with Crippen LogP contribution in [0.3, 0.4) is 0 Å². The topological polar surface area (TPSA) is 3.24 Å². The van der Waals surface area contributed by atoms with Gasteiger partial charge in [0.1, 0.15) is 0 Å². The molecule has 1 fully saturated rings. The van der Waals surface area contributed by atoms with Crippen molar-refractivity contribution in [1.82, 2.24) is 0 Å². The van der Waals surface area contributed by atoms with Crippen LogP contribution in [0.15, 0.2) is 48.5 Å². The molecule has 0 bridgehead atoms. The fourth-order valence-corrected chi connectivity index (χ4v) is 3.11. The molecule has 1 heteroatoms. The Morgan fingerprint density at radius 1 is 1.00 bits per heavy atom. The summed E-state index contributed by atoms with van der Waals surface area (Å²) in [6, 6.07) is 18.2. The fourth-order valence-electron chi connectivity index (χ4n) is 3.11. The molecule has 1 saturated heterocycles. The predicted octanol–water partition coefficient (Wildman–Crippen LogP) is 4.64. The van der Waals surface area contributed by atoms with Gasteiger partial charge >= 0.3 is 0 Å². The summed E-state index contributed by atoms with van der Waals surface area (Å²) in [6.45, 7) is 5.57. The zero-order valence-electron chi connectivity index (χ0n) is 11.8. The van der Waals surface area contributed by atoms with Gasteiger partial charge in [-0.3, -0.25) is 0 Å². The van der Waals surface area contributed by atoms with Crippen molar-refractivity contribution in [1.29, 1.82) is 0 Å². The molecule has 3 rings (SSSR count). The van der Waals surface area contributed by atoms with Crippen LogP contribution in [0.2, 0.25) is 0 Å². The van der Waals surface area contributed by atoms with Gasteiger partial charge in [0.05, 0.1) is 6.04 Å². The van der Waals surface area contributed by atoms with Gasteiger partial charge in [0, 0.05) is 12.2 Å². The smallest absolute Gasteiger partial charge is 0.0543 e. The lowest BCUT2D eigenvalue weighted by Crippen LogP contribution is -2.23. The normalized spacial score (nSPS) is 18.8. The van der Waals surface area contributed by atoms with Crippen LogP contribution in [0.5, 0.6) is 0 Å². The van der Waals surface area contributed by atoms with E-state index in [2.05, 4.69) is 67.3 Å². The zero-order valence-corrected chi connectivity index (χ0v) is 11.8. The van der Waals surface area contributed by atoms with Gasteiger partial charge in [-0.2, -0.15) is 0 Å². The van der Waals surface area contributed by atoms with E-state index in [4.69, 9.17) is 0 Å². The highest BCUT2D eigenvalue weighted by Gasteiger charge is 2.26. The van der Waals surface area contributed by atoms with Crippen molar-refractivity contribution in [2.45, 2.75) is 32.7 Å². The number of anilines is 1. The Morgan fingerprint density at radius 3 is 2.58 bits per heavy atom. The molecule has 0 amide bonds. The van der Waals surface area contributed by atoms with Crippen molar-refractivity contribution in [3.8, 4) is 0 Å². The second kappa shape index (κ2) is 5.08. The van der Waals surface area contributed by atoms with E-state index in [1.165, 1.54) is 41.8 Å². The molecule has 1 heterocycles. The molecule has 0 N–H and O–H groups in total. The Morgan fingerprint density at radius 2 is 1.79 bits per heavy atom. The van der Waals surface area contributed by atoms with E-state index >= 15 is 0 Å². The minimum atomic E-state index is 0.543. The van der Waals surface area contributed by atoms with Gasteiger partial charge < -0.3 is 4.90 Å². The van der Waals surface area contributed by atoms with Crippen molar-refractivity contribution >= 4 is 5.69 Å². The second-order valence-electron chi connectivity index (χ2n) is 5.55. The summed E-state index contributed by atoms with van der Waals surface area (Å²) in [7, 11) is 0. The standard InChI is InChI=1S/C18H21N/c1-14-10-11-15(2)18(13-14)19-12-6-9-17(19)16-7-4-3-5-8-16/h3-5,7-8,10-11,13,17H,6,9,12H2,1-2H3. The average molecular weight is 251 g/mol. The largest absolute Gasteiger partial charge is 0.364 e. The van der Waals surface area contributed by atoms with E-state index in [-0.39, 0.29) is 0 Å². The monoisotopic (exact) mass is 251 g/mol. The number of nitrogens with zero attached hydrogens (tertiary/aromatic N) is 1. The molecule has 1 aliphatic rings. The number of aryl methyl sites for hydroxylation is 2. The lowest BCUT2D eigenvalue weighted by Gasteiger charge is -2.29. The summed E-state index contributed by atoms with van der Waals surface area (Å²) < 4.78 is 0. The van der Waals surface area contributed by atoms with Crippen LogP contribution in [0.1, 0.15) is 35.6 Å². The maximum atomic E-state index is 2.58. The average Bonchev–Trinajstić information content (AvgIpc) is 2.91. The van der Waals surface area contributed by atoms with Crippen molar-refractivity contribution in [2.75, 3.05) is 11.4 Å². The maximum Gasteiger partial charge on any atom is 0.0543 e. The van der Waals surface area contributed by atoms with Crippen molar-refractivity contribution < 1.29 is 0 Å². The molecule has 19 heavy (non-hydrogen) atoms. The molecule has 1 aliphatic heterocycles. The Balaban J connectivity index is 1.97. The van der Waals surface area contributed by atoms with Crippen LogP contribution >= 0.6 is 0 Å². The molecule has 2 aromatic carbocycles. The molecule has 1 unspecified atom stereocenters. The van der Waals surface area contributed by atoms with Crippen molar-refractivity contribution in [3.05, 3.63) is 65.2 Å². The first-order valence-corrected chi connectivity index (χ1v) is 7.14. The molecule has 2 aromatic rings. The van der Waals surface area contributed by atoms with Gasteiger partial charge in [-0.1, -0.05) is 42.5 Å². The molecule has 0 aliphatic carbocycles. The first-order chi connectivity index (χ1) is 9.25. The zero-order chi connectivity index (χ0) is 13.2. The summed E-state index contributed by atoms with van der Waals surface area (Å²) in [5.41, 5.74) is 5.58. The van der Waals surface area contributed by atoms with E-state index in [1.54, 1.807) is 0 Å². The van der Waals surface area contributed by atoms with Crippen LogP contribution in [-0.4, -0.2) is 6.54 Å². The Bertz CT molecular complexity index is 559. The van der Waals surface area contributed by atoms with Gasteiger partial charge in [-0.05, 0) is 49.4 Å². The molecular formula is C18H21N.